The van der Waals surface area contributed by atoms with Gasteiger partial charge in [0.1, 0.15) is 5.75 Å². The second kappa shape index (κ2) is 8.81. The molecular formula is C20H22BrNO3. The van der Waals surface area contributed by atoms with E-state index in [1.54, 1.807) is 42.5 Å². The van der Waals surface area contributed by atoms with Gasteiger partial charge in [0.25, 0.3) is 5.91 Å². The minimum absolute atomic E-state index is 0.0401. The number of rotatable bonds is 7. The molecule has 0 fully saturated rings. The average Bonchev–Trinajstić information content (AvgIpc) is 2.56. The average molecular weight is 404 g/mol. The van der Waals surface area contributed by atoms with Crippen LogP contribution in [0.2, 0.25) is 0 Å². The lowest BCUT2D eigenvalue weighted by molar-refractivity contribution is 0.101. The molecule has 0 aromatic heterocycles. The highest BCUT2D eigenvalue weighted by atomic mass is 79.9. The van der Waals surface area contributed by atoms with E-state index in [0.717, 1.165) is 16.6 Å². The van der Waals surface area contributed by atoms with Crippen molar-refractivity contribution in [2.75, 3.05) is 11.9 Å². The first kappa shape index (κ1) is 19.2. The maximum Gasteiger partial charge on any atom is 0.255 e. The van der Waals surface area contributed by atoms with Crippen LogP contribution >= 0.6 is 15.9 Å². The Morgan fingerprint density at radius 3 is 2.52 bits per heavy atom. The standard InChI is InChI=1S/C20H22BrNO3/c1-13(2)9-10-25-19-8-7-16(12-18(19)21)20(24)22-17-6-4-5-15(11-17)14(3)23/h4-8,11-13H,9-10H2,1-3H3,(H,22,24). The molecule has 0 radical (unpaired) electrons. The molecule has 0 atom stereocenters. The van der Waals surface area contributed by atoms with Crippen molar-refractivity contribution in [3.8, 4) is 5.75 Å². The minimum atomic E-state index is -0.241. The summed E-state index contributed by atoms with van der Waals surface area (Å²) in [6.45, 7) is 6.43. The molecule has 132 valence electrons. The van der Waals surface area contributed by atoms with E-state index >= 15 is 0 Å². The number of halogens is 1. The normalized spacial score (nSPS) is 10.6. The van der Waals surface area contributed by atoms with Crippen molar-refractivity contribution in [3.63, 3.8) is 0 Å². The first-order valence-electron chi connectivity index (χ1n) is 8.21. The van der Waals surface area contributed by atoms with Gasteiger partial charge in [-0.3, -0.25) is 9.59 Å². The number of ketones is 1. The van der Waals surface area contributed by atoms with Crippen LogP contribution in [0.15, 0.2) is 46.9 Å². The first-order chi connectivity index (χ1) is 11.9. The quantitative estimate of drug-likeness (QED) is 0.635. The summed E-state index contributed by atoms with van der Waals surface area (Å²) in [5.74, 6) is 1.02. The molecule has 2 aromatic carbocycles. The van der Waals surface area contributed by atoms with Gasteiger partial charge in [0.2, 0.25) is 0 Å². The van der Waals surface area contributed by atoms with Gasteiger partial charge in [-0.05, 0) is 65.5 Å². The smallest absolute Gasteiger partial charge is 0.255 e. The zero-order valence-electron chi connectivity index (χ0n) is 14.6. The Hall–Kier alpha value is -2.14. The molecule has 0 spiro atoms. The van der Waals surface area contributed by atoms with Crippen LogP contribution in [0.3, 0.4) is 0 Å². The van der Waals surface area contributed by atoms with Crippen LogP contribution in [-0.2, 0) is 0 Å². The summed E-state index contributed by atoms with van der Waals surface area (Å²) in [5, 5.41) is 2.81. The van der Waals surface area contributed by atoms with Gasteiger partial charge in [-0.1, -0.05) is 26.0 Å². The highest BCUT2D eigenvalue weighted by Crippen LogP contribution is 2.27. The lowest BCUT2D eigenvalue weighted by atomic mass is 10.1. The number of ether oxygens (including phenoxy) is 1. The Labute approximate surface area is 156 Å². The lowest BCUT2D eigenvalue weighted by Crippen LogP contribution is -2.12. The number of Topliss-reactive ketones (excluding diaryl/α,β-unsaturated/α-hetero) is 1. The third-order valence-electron chi connectivity index (χ3n) is 3.67. The number of anilines is 1. The number of nitrogens with one attached hydrogen (secondary N) is 1. The summed E-state index contributed by atoms with van der Waals surface area (Å²) >= 11 is 3.45. The Bertz CT molecular complexity index is 771. The van der Waals surface area contributed by atoms with E-state index in [-0.39, 0.29) is 11.7 Å². The summed E-state index contributed by atoms with van der Waals surface area (Å²) < 4.78 is 6.46. The van der Waals surface area contributed by atoms with Crippen LogP contribution in [0.1, 0.15) is 47.9 Å². The molecule has 1 amide bonds. The maximum atomic E-state index is 12.4. The van der Waals surface area contributed by atoms with E-state index in [1.807, 2.05) is 0 Å². The van der Waals surface area contributed by atoms with Gasteiger partial charge < -0.3 is 10.1 Å². The molecule has 25 heavy (non-hydrogen) atoms. The molecule has 0 saturated carbocycles. The maximum absolute atomic E-state index is 12.4. The van der Waals surface area contributed by atoms with Crippen molar-refractivity contribution < 1.29 is 14.3 Å². The largest absolute Gasteiger partial charge is 0.492 e. The van der Waals surface area contributed by atoms with E-state index < -0.39 is 0 Å². The number of hydrogen-bond acceptors (Lipinski definition) is 3. The topological polar surface area (TPSA) is 55.4 Å². The summed E-state index contributed by atoms with van der Waals surface area (Å²) in [6.07, 6.45) is 0.973. The predicted molar refractivity (Wildman–Crippen MR) is 103 cm³/mol. The molecule has 0 unspecified atom stereocenters. The fourth-order valence-corrected chi connectivity index (χ4v) is 2.68. The van der Waals surface area contributed by atoms with Gasteiger partial charge in [-0.15, -0.1) is 0 Å². The van der Waals surface area contributed by atoms with Gasteiger partial charge in [-0.25, -0.2) is 0 Å². The summed E-state index contributed by atoms with van der Waals surface area (Å²) in [6, 6.07) is 12.1. The molecule has 2 aromatic rings. The Morgan fingerprint density at radius 2 is 1.88 bits per heavy atom. The number of benzene rings is 2. The minimum Gasteiger partial charge on any atom is -0.492 e. The molecule has 0 bridgehead atoms. The molecule has 4 nitrogen and oxygen atoms in total. The number of amides is 1. The van der Waals surface area contributed by atoms with E-state index in [0.29, 0.717) is 29.3 Å². The van der Waals surface area contributed by atoms with Crippen molar-refractivity contribution in [3.05, 3.63) is 58.1 Å². The lowest BCUT2D eigenvalue weighted by Gasteiger charge is -2.11. The molecular weight excluding hydrogens is 382 g/mol. The molecule has 0 aliphatic carbocycles. The van der Waals surface area contributed by atoms with Crippen molar-refractivity contribution >= 4 is 33.3 Å². The van der Waals surface area contributed by atoms with Crippen LogP contribution in [0.4, 0.5) is 5.69 Å². The summed E-state index contributed by atoms with van der Waals surface area (Å²) in [4.78, 5) is 23.8. The van der Waals surface area contributed by atoms with Crippen molar-refractivity contribution in [1.29, 1.82) is 0 Å². The predicted octanol–water partition coefficient (Wildman–Crippen LogP) is 5.33. The number of carbonyl (C=O) groups excluding carboxylic acids is 2. The van der Waals surface area contributed by atoms with Gasteiger partial charge in [0.05, 0.1) is 11.1 Å². The van der Waals surface area contributed by atoms with Gasteiger partial charge in [0.15, 0.2) is 5.78 Å². The Morgan fingerprint density at radius 1 is 1.12 bits per heavy atom. The highest BCUT2D eigenvalue weighted by molar-refractivity contribution is 9.10. The van der Waals surface area contributed by atoms with Crippen LogP contribution in [0.25, 0.3) is 0 Å². The van der Waals surface area contributed by atoms with Crippen molar-refractivity contribution in [2.24, 2.45) is 5.92 Å². The van der Waals surface area contributed by atoms with E-state index in [2.05, 4.69) is 35.1 Å². The molecule has 0 aliphatic heterocycles. The first-order valence-corrected chi connectivity index (χ1v) is 9.01. The fraction of sp³-hybridized carbons (Fsp3) is 0.300. The fourth-order valence-electron chi connectivity index (χ4n) is 2.18. The zero-order chi connectivity index (χ0) is 18.4. The molecule has 0 heterocycles. The molecule has 0 saturated heterocycles. The molecule has 0 aliphatic rings. The van der Waals surface area contributed by atoms with E-state index in [1.165, 1.54) is 6.92 Å². The van der Waals surface area contributed by atoms with Crippen LogP contribution in [0, 0.1) is 5.92 Å². The number of hydrogen-bond donors (Lipinski definition) is 1. The second-order valence-electron chi connectivity index (χ2n) is 6.27. The van der Waals surface area contributed by atoms with Gasteiger partial charge in [0, 0.05) is 16.8 Å². The second-order valence-corrected chi connectivity index (χ2v) is 7.12. The number of carbonyl (C=O) groups is 2. The summed E-state index contributed by atoms with van der Waals surface area (Å²) in [5.41, 5.74) is 1.66. The third-order valence-corrected chi connectivity index (χ3v) is 4.29. The van der Waals surface area contributed by atoms with Gasteiger partial charge >= 0.3 is 0 Å². The Balaban J connectivity index is 2.06. The van der Waals surface area contributed by atoms with Crippen LogP contribution < -0.4 is 10.1 Å². The third kappa shape index (κ3) is 5.71. The van der Waals surface area contributed by atoms with Crippen LogP contribution in [0.5, 0.6) is 5.75 Å². The summed E-state index contributed by atoms with van der Waals surface area (Å²) in [7, 11) is 0. The molecule has 5 heteroatoms. The SMILES string of the molecule is CC(=O)c1cccc(NC(=O)c2ccc(OCCC(C)C)c(Br)c2)c1. The van der Waals surface area contributed by atoms with Crippen molar-refractivity contribution in [2.45, 2.75) is 27.2 Å². The molecule has 2 rings (SSSR count). The van der Waals surface area contributed by atoms with E-state index in [9.17, 15) is 9.59 Å². The highest BCUT2D eigenvalue weighted by Gasteiger charge is 2.11. The Kier molecular flexibility index (Phi) is 6.76. The van der Waals surface area contributed by atoms with Crippen molar-refractivity contribution in [1.82, 2.24) is 0 Å². The van der Waals surface area contributed by atoms with E-state index in [4.69, 9.17) is 4.74 Å². The van der Waals surface area contributed by atoms with Crippen LogP contribution in [-0.4, -0.2) is 18.3 Å². The van der Waals surface area contributed by atoms with Gasteiger partial charge in [-0.2, -0.15) is 0 Å². The molecule has 1 N–H and O–H groups in total. The zero-order valence-corrected chi connectivity index (χ0v) is 16.2. The monoisotopic (exact) mass is 403 g/mol.